The van der Waals surface area contributed by atoms with Crippen molar-refractivity contribution in [2.75, 3.05) is 20.8 Å². The zero-order valence-corrected chi connectivity index (χ0v) is 15.6. The van der Waals surface area contributed by atoms with Gasteiger partial charge in [0.15, 0.2) is 18.1 Å². The molecule has 0 fully saturated rings. The Balaban J connectivity index is 1.96. The summed E-state index contributed by atoms with van der Waals surface area (Å²) in [6.45, 7) is -0.420. The number of esters is 1. The molecule has 0 atom stereocenters. The minimum Gasteiger partial charge on any atom is -0.493 e. The van der Waals surface area contributed by atoms with Gasteiger partial charge in [-0.2, -0.15) is 0 Å². The van der Waals surface area contributed by atoms with E-state index in [0.29, 0.717) is 22.1 Å². The Morgan fingerprint density at radius 3 is 2.38 bits per heavy atom. The highest BCUT2D eigenvalue weighted by molar-refractivity contribution is 6.36. The van der Waals surface area contributed by atoms with Gasteiger partial charge in [-0.25, -0.2) is 4.79 Å². The van der Waals surface area contributed by atoms with Crippen molar-refractivity contribution in [3.63, 3.8) is 0 Å². The smallest absolute Gasteiger partial charge is 0.331 e. The first kappa shape index (κ1) is 19.8. The Bertz CT molecular complexity index is 846. The molecule has 0 saturated carbocycles. The van der Waals surface area contributed by atoms with Crippen molar-refractivity contribution in [1.29, 1.82) is 0 Å². The van der Waals surface area contributed by atoms with Crippen LogP contribution < -0.4 is 9.47 Å². The maximum absolute atomic E-state index is 12.1. The lowest BCUT2D eigenvalue weighted by atomic mass is 10.1. The van der Waals surface area contributed by atoms with Gasteiger partial charge in [0.25, 0.3) is 0 Å². The molecule has 26 heavy (non-hydrogen) atoms. The summed E-state index contributed by atoms with van der Waals surface area (Å²) in [5, 5.41) is 0.626. The molecule has 0 heterocycles. The average molecular weight is 395 g/mol. The summed E-state index contributed by atoms with van der Waals surface area (Å²) in [4.78, 5) is 23.8. The number of ketones is 1. The van der Waals surface area contributed by atoms with Crippen LogP contribution in [0.3, 0.4) is 0 Å². The maximum atomic E-state index is 12.1. The largest absolute Gasteiger partial charge is 0.493 e. The van der Waals surface area contributed by atoms with Gasteiger partial charge in [0.2, 0.25) is 5.78 Å². The van der Waals surface area contributed by atoms with Crippen LogP contribution in [0.4, 0.5) is 0 Å². The Labute approximate surface area is 161 Å². The van der Waals surface area contributed by atoms with Gasteiger partial charge >= 0.3 is 5.97 Å². The van der Waals surface area contributed by atoms with Crippen molar-refractivity contribution in [2.45, 2.75) is 0 Å². The zero-order chi connectivity index (χ0) is 19.1. The summed E-state index contributed by atoms with van der Waals surface area (Å²) in [7, 11) is 3.06. The highest BCUT2D eigenvalue weighted by Gasteiger charge is 2.12. The third-order valence-electron chi connectivity index (χ3n) is 3.40. The SMILES string of the molecule is COc1ccc(/C=C/C(=O)OCC(=O)c2ccc(Cl)cc2Cl)cc1OC. The number of Topliss-reactive ketones (excluding diaryl/α,β-unsaturated/α-hetero) is 1. The van der Waals surface area contributed by atoms with Gasteiger partial charge in [-0.15, -0.1) is 0 Å². The summed E-state index contributed by atoms with van der Waals surface area (Å²) in [5.41, 5.74) is 0.958. The Kier molecular flexibility index (Phi) is 7.06. The highest BCUT2D eigenvalue weighted by Crippen LogP contribution is 2.28. The predicted octanol–water partition coefficient (Wildman–Crippen LogP) is 4.45. The maximum Gasteiger partial charge on any atom is 0.331 e. The summed E-state index contributed by atoms with van der Waals surface area (Å²) in [6, 6.07) is 9.66. The number of benzene rings is 2. The van der Waals surface area contributed by atoms with Gasteiger partial charge in [0.05, 0.1) is 19.2 Å². The van der Waals surface area contributed by atoms with E-state index in [4.69, 9.17) is 37.4 Å². The second-order valence-electron chi connectivity index (χ2n) is 5.10. The van der Waals surface area contributed by atoms with E-state index in [1.807, 2.05) is 0 Å². The minimum absolute atomic E-state index is 0.208. The molecule has 0 radical (unpaired) electrons. The molecule has 0 aliphatic rings. The van der Waals surface area contributed by atoms with Crippen LogP contribution in [0.25, 0.3) is 6.08 Å². The summed E-state index contributed by atoms with van der Waals surface area (Å²) in [6.07, 6.45) is 2.77. The van der Waals surface area contributed by atoms with E-state index >= 15 is 0 Å². The molecule has 0 unspecified atom stereocenters. The summed E-state index contributed by atoms with van der Waals surface area (Å²) in [5.74, 6) is 0.0472. The van der Waals surface area contributed by atoms with Crippen LogP contribution in [0.2, 0.25) is 10.0 Å². The number of hydrogen-bond donors (Lipinski definition) is 0. The molecule has 0 N–H and O–H groups in total. The number of hydrogen-bond acceptors (Lipinski definition) is 5. The molecule has 2 rings (SSSR count). The molecule has 7 heteroatoms. The fourth-order valence-corrected chi connectivity index (χ4v) is 2.61. The average Bonchev–Trinajstić information content (AvgIpc) is 2.64. The number of halogens is 2. The first-order chi connectivity index (χ1) is 12.4. The van der Waals surface area contributed by atoms with Crippen molar-refractivity contribution in [3.8, 4) is 11.5 Å². The molecule has 2 aromatic carbocycles. The molecule has 136 valence electrons. The predicted molar refractivity (Wildman–Crippen MR) is 100 cm³/mol. The third-order valence-corrected chi connectivity index (χ3v) is 3.94. The molecule has 0 aliphatic carbocycles. The zero-order valence-electron chi connectivity index (χ0n) is 14.1. The normalized spacial score (nSPS) is 10.6. The van der Waals surface area contributed by atoms with E-state index in [0.717, 1.165) is 0 Å². The van der Waals surface area contributed by atoms with Crippen LogP contribution >= 0.6 is 23.2 Å². The van der Waals surface area contributed by atoms with Crippen molar-refractivity contribution < 1.29 is 23.8 Å². The molecule has 2 aromatic rings. The van der Waals surface area contributed by atoms with Gasteiger partial charge in [-0.05, 0) is 42.0 Å². The topological polar surface area (TPSA) is 61.8 Å². The molecule has 0 bridgehead atoms. The molecule has 0 aliphatic heterocycles. The van der Waals surface area contributed by atoms with E-state index < -0.39 is 18.4 Å². The van der Waals surface area contributed by atoms with Crippen LogP contribution in [0.5, 0.6) is 11.5 Å². The number of methoxy groups -OCH3 is 2. The Morgan fingerprint density at radius 1 is 1.00 bits per heavy atom. The van der Waals surface area contributed by atoms with Crippen LogP contribution in [0.15, 0.2) is 42.5 Å². The summed E-state index contributed by atoms with van der Waals surface area (Å²) < 4.78 is 15.3. The van der Waals surface area contributed by atoms with E-state index in [2.05, 4.69) is 0 Å². The van der Waals surface area contributed by atoms with Crippen LogP contribution in [0.1, 0.15) is 15.9 Å². The lowest BCUT2D eigenvalue weighted by Gasteiger charge is -2.07. The standard InChI is InChI=1S/C19H16Cl2O5/c1-24-17-7-3-12(9-18(17)25-2)4-8-19(23)26-11-16(22)14-6-5-13(20)10-15(14)21/h3-10H,11H2,1-2H3/b8-4+. The van der Waals surface area contributed by atoms with Gasteiger partial charge in [0.1, 0.15) is 0 Å². The lowest BCUT2D eigenvalue weighted by Crippen LogP contribution is -2.13. The molecule has 0 aromatic heterocycles. The fourth-order valence-electron chi connectivity index (χ4n) is 2.10. The molecule has 0 saturated heterocycles. The lowest BCUT2D eigenvalue weighted by molar-refractivity contribution is -0.136. The van der Waals surface area contributed by atoms with Gasteiger partial charge in [0, 0.05) is 16.7 Å². The van der Waals surface area contributed by atoms with Gasteiger partial charge in [-0.1, -0.05) is 29.3 Å². The van der Waals surface area contributed by atoms with Crippen molar-refractivity contribution in [2.24, 2.45) is 0 Å². The van der Waals surface area contributed by atoms with E-state index in [-0.39, 0.29) is 10.6 Å². The first-order valence-corrected chi connectivity index (χ1v) is 8.25. The van der Waals surface area contributed by atoms with Crippen LogP contribution in [0, 0.1) is 0 Å². The highest BCUT2D eigenvalue weighted by atomic mass is 35.5. The Hall–Kier alpha value is -2.50. The van der Waals surface area contributed by atoms with Gasteiger partial charge < -0.3 is 14.2 Å². The number of rotatable bonds is 7. The molecule has 0 spiro atoms. The number of carbonyl (C=O) groups is 2. The second-order valence-corrected chi connectivity index (χ2v) is 5.95. The molecular weight excluding hydrogens is 379 g/mol. The Morgan fingerprint density at radius 2 is 1.73 bits per heavy atom. The first-order valence-electron chi connectivity index (χ1n) is 7.49. The van der Waals surface area contributed by atoms with Gasteiger partial charge in [-0.3, -0.25) is 4.79 Å². The fraction of sp³-hybridized carbons (Fsp3) is 0.158. The monoisotopic (exact) mass is 394 g/mol. The van der Waals surface area contributed by atoms with E-state index in [1.165, 1.54) is 32.4 Å². The quantitative estimate of drug-likeness (QED) is 0.394. The van der Waals surface area contributed by atoms with Crippen LogP contribution in [-0.2, 0) is 9.53 Å². The molecular formula is C19H16Cl2O5. The second kappa shape index (κ2) is 9.27. The van der Waals surface area contributed by atoms with E-state index in [1.54, 1.807) is 30.3 Å². The number of carbonyl (C=O) groups excluding carboxylic acids is 2. The van der Waals surface area contributed by atoms with Crippen molar-refractivity contribution in [3.05, 3.63) is 63.6 Å². The third kappa shape index (κ3) is 5.25. The molecule has 5 nitrogen and oxygen atoms in total. The van der Waals surface area contributed by atoms with Crippen LogP contribution in [-0.4, -0.2) is 32.6 Å². The number of ether oxygens (including phenoxy) is 3. The molecule has 0 amide bonds. The van der Waals surface area contributed by atoms with Crippen molar-refractivity contribution in [1.82, 2.24) is 0 Å². The summed E-state index contributed by atoms with van der Waals surface area (Å²) >= 11 is 11.7. The van der Waals surface area contributed by atoms with E-state index in [9.17, 15) is 9.59 Å². The minimum atomic E-state index is -0.654. The van der Waals surface area contributed by atoms with Crippen molar-refractivity contribution >= 4 is 41.0 Å².